The highest BCUT2D eigenvalue weighted by Gasteiger charge is 2.04. The molecule has 1 amide bonds. The van der Waals surface area contributed by atoms with E-state index in [2.05, 4.69) is 20.9 Å². The molecule has 0 aliphatic rings. The van der Waals surface area contributed by atoms with E-state index in [1.54, 1.807) is 27.3 Å². The van der Waals surface area contributed by atoms with Crippen LogP contribution in [-0.4, -0.2) is 46.2 Å². The molecule has 6 nitrogen and oxygen atoms in total. The Kier molecular flexibility index (Phi) is 10.6. The first-order valence-electron chi connectivity index (χ1n) is 6.45. The molecule has 0 aliphatic heterocycles. The van der Waals surface area contributed by atoms with Crippen molar-refractivity contribution in [3.63, 3.8) is 0 Å². The first-order valence-corrected chi connectivity index (χ1v) is 6.45. The summed E-state index contributed by atoms with van der Waals surface area (Å²) in [5.41, 5.74) is 1.66. The molecule has 0 aromatic heterocycles. The first kappa shape index (κ1) is 19.7. The summed E-state index contributed by atoms with van der Waals surface area (Å²) in [7, 11) is 4.99. The van der Waals surface area contributed by atoms with E-state index < -0.39 is 0 Å². The summed E-state index contributed by atoms with van der Waals surface area (Å²) in [6.07, 6.45) is 0. The zero-order valence-corrected chi connectivity index (χ0v) is 14.9. The minimum Gasteiger partial charge on any atom is -0.383 e. The average Bonchev–Trinajstić information content (AvgIpc) is 2.50. The number of hydrogen-bond acceptors (Lipinski definition) is 3. The summed E-state index contributed by atoms with van der Waals surface area (Å²) in [4.78, 5) is 15.7. The number of halogens is 1. The number of rotatable bonds is 6. The van der Waals surface area contributed by atoms with Gasteiger partial charge in [-0.05, 0) is 17.7 Å². The van der Waals surface area contributed by atoms with E-state index >= 15 is 0 Å². The van der Waals surface area contributed by atoms with Gasteiger partial charge in [-0.25, -0.2) is 0 Å². The highest BCUT2D eigenvalue weighted by molar-refractivity contribution is 14.0. The van der Waals surface area contributed by atoms with Crippen LogP contribution < -0.4 is 16.0 Å². The number of carbonyl (C=O) groups is 1. The van der Waals surface area contributed by atoms with E-state index in [0.29, 0.717) is 31.2 Å². The fourth-order valence-electron chi connectivity index (χ4n) is 1.64. The second kappa shape index (κ2) is 11.3. The number of nitrogens with zero attached hydrogens (tertiary/aromatic N) is 1. The van der Waals surface area contributed by atoms with Gasteiger partial charge >= 0.3 is 0 Å². The van der Waals surface area contributed by atoms with Gasteiger partial charge in [-0.2, -0.15) is 0 Å². The zero-order chi connectivity index (χ0) is 14.8. The molecule has 118 valence electrons. The molecule has 21 heavy (non-hydrogen) atoms. The summed E-state index contributed by atoms with van der Waals surface area (Å²) in [5, 5.41) is 8.91. The normalized spacial score (nSPS) is 10.5. The van der Waals surface area contributed by atoms with Crippen molar-refractivity contribution in [2.45, 2.75) is 6.54 Å². The zero-order valence-electron chi connectivity index (χ0n) is 12.6. The molecule has 1 aromatic carbocycles. The van der Waals surface area contributed by atoms with Crippen LogP contribution in [0.15, 0.2) is 29.3 Å². The number of methoxy groups -OCH3 is 1. The second-order valence-corrected chi connectivity index (χ2v) is 4.12. The van der Waals surface area contributed by atoms with Crippen LogP contribution in [0, 0.1) is 0 Å². The van der Waals surface area contributed by atoms with Crippen LogP contribution in [0.1, 0.15) is 15.9 Å². The Hall–Kier alpha value is -1.35. The molecule has 0 aliphatic carbocycles. The Morgan fingerprint density at radius 3 is 2.71 bits per heavy atom. The van der Waals surface area contributed by atoms with E-state index in [1.807, 2.05) is 18.2 Å². The van der Waals surface area contributed by atoms with Crippen molar-refractivity contribution in [3.8, 4) is 0 Å². The number of aliphatic imine (C=N–C) groups is 1. The van der Waals surface area contributed by atoms with Crippen molar-refractivity contribution in [3.05, 3.63) is 35.4 Å². The summed E-state index contributed by atoms with van der Waals surface area (Å²) < 4.78 is 4.96. The minimum absolute atomic E-state index is 0. The highest BCUT2D eigenvalue weighted by Crippen LogP contribution is 2.04. The number of carbonyl (C=O) groups excluding carboxylic acids is 1. The van der Waals surface area contributed by atoms with Gasteiger partial charge in [0.1, 0.15) is 0 Å². The van der Waals surface area contributed by atoms with Crippen LogP contribution in [0.3, 0.4) is 0 Å². The molecule has 0 fully saturated rings. The van der Waals surface area contributed by atoms with Gasteiger partial charge in [-0.15, -0.1) is 24.0 Å². The van der Waals surface area contributed by atoms with Crippen molar-refractivity contribution < 1.29 is 9.53 Å². The summed E-state index contributed by atoms with van der Waals surface area (Å²) in [6.45, 7) is 1.90. The van der Waals surface area contributed by atoms with Gasteiger partial charge in [0.25, 0.3) is 5.91 Å². The Morgan fingerprint density at radius 2 is 2.10 bits per heavy atom. The van der Waals surface area contributed by atoms with E-state index in [0.717, 1.165) is 5.56 Å². The van der Waals surface area contributed by atoms with E-state index in [9.17, 15) is 4.79 Å². The molecule has 0 saturated carbocycles. The molecule has 0 bridgehead atoms. The fraction of sp³-hybridized carbons (Fsp3) is 0.429. The van der Waals surface area contributed by atoms with Crippen molar-refractivity contribution in [2.75, 3.05) is 34.4 Å². The predicted octanol–water partition coefficient (Wildman–Crippen LogP) is 0.976. The lowest BCUT2D eigenvalue weighted by atomic mass is 10.1. The molecular weight excluding hydrogens is 383 g/mol. The maximum atomic E-state index is 11.6. The van der Waals surface area contributed by atoms with Crippen LogP contribution in [0.5, 0.6) is 0 Å². The third-order valence-electron chi connectivity index (χ3n) is 2.70. The average molecular weight is 406 g/mol. The quantitative estimate of drug-likeness (QED) is 0.285. The number of ether oxygens (including phenoxy) is 1. The number of hydrogen-bond donors (Lipinski definition) is 3. The van der Waals surface area contributed by atoms with Crippen molar-refractivity contribution in [1.29, 1.82) is 0 Å². The maximum absolute atomic E-state index is 11.6. The molecule has 0 atom stereocenters. The SMILES string of the molecule is CN=C(NCCOC)NCc1cccc(C(=O)NC)c1.I. The van der Waals surface area contributed by atoms with Crippen molar-refractivity contribution in [2.24, 2.45) is 4.99 Å². The molecule has 1 rings (SSSR count). The summed E-state index contributed by atoms with van der Waals surface area (Å²) in [5.74, 6) is 0.613. The number of amides is 1. The maximum Gasteiger partial charge on any atom is 0.251 e. The Balaban J connectivity index is 0.00000400. The van der Waals surface area contributed by atoms with Crippen LogP contribution in [-0.2, 0) is 11.3 Å². The molecule has 0 radical (unpaired) electrons. The molecule has 0 spiro atoms. The van der Waals surface area contributed by atoms with Gasteiger partial charge in [0, 0.05) is 39.9 Å². The summed E-state index contributed by atoms with van der Waals surface area (Å²) >= 11 is 0. The number of nitrogens with one attached hydrogen (secondary N) is 3. The molecule has 0 heterocycles. The van der Waals surface area contributed by atoms with Gasteiger partial charge in [0.05, 0.1) is 6.61 Å². The lowest BCUT2D eigenvalue weighted by Gasteiger charge is -2.12. The van der Waals surface area contributed by atoms with Crippen LogP contribution in [0.2, 0.25) is 0 Å². The fourth-order valence-corrected chi connectivity index (χ4v) is 1.64. The van der Waals surface area contributed by atoms with E-state index in [4.69, 9.17) is 4.74 Å². The van der Waals surface area contributed by atoms with Crippen LogP contribution >= 0.6 is 24.0 Å². The van der Waals surface area contributed by atoms with Gasteiger partial charge in [-0.3, -0.25) is 9.79 Å². The van der Waals surface area contributed by atoms with Gasteiger partial charge in [0.15, 0.2) is 5.96 Å². The molecule has 1 aromatic rings. The van der Waals surface area contributed by atoms with Crippen LogP contribution in [0.4, 0.5) is 0 Å². The standard InChI is InChI=1S/C14H22N4O2.HI/c1-15-13(19)12-6-4-5-11(9-12)10-18-14(16-2)17-7-8-20-3;/h4-6,9H,7-8,10H2,1-3H3,(H,15,19)(H2,16,17,18);1H. The van der Waals surface area contributed by atoms with Gasteiger partial charge < -0.3 is 20.7 Å². The Labute approximate surface area is 142 Å². The molecule has 3 N–H and O–H groups in total. The Bertz CT molecular complexity index is 466. The molecule has 7 heteroatoms. The summed E-state index contributed by atoms with van der Waals surface area (Å²) in [6, 6.07) is 7.47. The monoisotopic (exact) mass is 406 g/mol. The lowest BCUT2D eigenvalue weighted by molar-refractivity contribution is 0.0963. The largest absolute Gasteiger partial charge is 0.383 e. The van der Waals surface area contributed by atoms with Crippen molar-refractivity contribution >= 4 is 35.8 Å². The number of guanidine groups is 1. The third kappa shape index (κ3) is 7.28. The van der Waals surface area contributed by atoms with E-state index in [1.165, 1.54) is 0 Å². The van der Waals surface area contributed by atoms with Gasteiger partial charge in [-0.1, -0.05) is 12.1 Å². The topological polar surface area (TPSA) is 74.8 Å². The smallest absolute Gasteiger partial charge is 0.251 e. The van der Waals surface area contributed by atoms with Crippen LogP contribution in [0.25, 0.3) is 0 Å². The number of benzene rings is 1. The minimum atomic E-state index is -0.0885. The highest BCUT2D eigenvalue weighted by atomic mass is 127. The van der Waals surface area contributed by atoms with Crippen molar-refractivity contribution in [1.82, 2.24) is 16.0 Å². The predicted molar refractivity (Wildman–Crippen MR) is 95.3 cm³/mol. The Morgan fingerprint density at radius 1 is 1.33 bits per heavy atom. The third-order valence-corrected chi connectivity index (χ3v) is 2.70. The molecule has 0 saturated heterocycles. The second-order valence-electron chi connectivity index (χ2n) is 4.12. The van der Waals surface area contributed by atoms with Gasteiger partial charge in [0.2, 0.25) is 0 Å². The lowest BCUT2D eigenvalue weighted by Crippen LogP contribution is -2.38. The molecular formula is C14H23IN4O2. The van der Waals surface area contributed by atoms with E-state index in [-0.39, 0.29) is 29.9 Å². The molecule has 0 unspecified atom stereocenters. The first-order chi connectivity index (χ1) is 9.71.